The van der Waals surface area contributed by atoms with Gasteiger partial charge in [0, 0.05) is 6.54 Å². The van der Waals surface area contributed by atoms with Gasteiger partial charge in [0.2, 0.25) is 5.91 Å². The molecule has 1 aliphatic rings. The molecule has 0 aliphatic carbocycles. The molecule has 5 nitrogen and oxygen atoms in total. The van der Waals surface area contributed by atoms with Crippen molar-refractivity contribution in [2.45, 2.75) is 20.3 Å². The molecule has 1 aromatic rings. The summed E-state index contributed by atoms with van der Waals surface area (Å²) in [6.45, 7) is 5.72. The molecule has 1 unspecified atom stereocenters. The molecule has 0 bridgehead atoms. The molecule has 1 amide bonds. The number of hydrogen-bond acceptors (Lipinski definition) is 4. The van der Waals surface area contributed by atoms with Crippen molar-refractivity contribution in [1.82, 2.24) is 15.5 Å². The van der Waals surface area contributed by atoms with Crippen LogP contribution in [0, 0.1) is 11.3 Å². The number of rotatable bonds is 3. The number of nitrogens with one attached hydrogen (secondary N) is 2. The number of anilines is 1. The van der Waals surface area contributed by atoms with Crippen LogP contribution in [0.5, 0.6) is 0 Å². The Morgan fingerprint density at radius 3 is 2.78 bits per heavy atom. The molecule has 0 radical (unpaired) electrons. The maximum atomic E-state index is 12.4. The zero-order valence-corrected chi connectivity index (χ0v) is 11.3. The second kappa shape index (κ2) is 5.20. The Bertz CT molecular complexity index is 426. The largest absolute Gasteiger partial charge is 0.316 e. The highest BCUT2D eigenvalue weighted by Crippen LogP contribution is 2.35. The lowest BCUT2D eigenvalue weighted by atomic mass is 9.75. The van der Waals surface area contributed by atoms with Gasteiger partial charge in [0.1, 0.15) is 0 Å². The number of nitrogens with zero attached hydrogens (tertiary/aromatic N) is 2. The van der Waals surface area contributed by atoms with E-state index >= 15 is 0 Å². The summed E-state index contributed by atoms with van der Waals surface area (Å²) in [4.78, 5) is 12.4. The molecule has 0 aromatic carbocycles. The van der Waals surface area contributed by atoms with Gasteiger partial charge in [-0.3, -0.25) is 4.79 Å². The molecule has 2 heterocycles. The molecule has 18 heavy (non-hydrogen) atoms. The standard InChI is InChI=1S/C12H17ClN4O/c1-8(2)12(5-6-14-7-12)11(18)15-10-4-3-9(13)16-17-10/h3-4,8,14H,5-7H2,1-2H3,(H,15,17,18). The van der Waals surface area contributed by atoms with Crippen molar-refractivity contribution in [2.24, 2.45) is 11.3 Å². The maximum Gasteiger partial charge on any atom is 0.233 e. The third-order valence-electron chi connectivity index (χ3n) is 3.62. The molecule has 2 N–H and O–H groups in total. The Kier molecular flexibility index (Phi) is 3.82. The van der Waals surface area contributed by atoms with E-state index in [-0.39, 0.29) is 17.2 Å². The van der Waals surface area contributed by atoms with Gasteiger partial charge in [-0.15, -0.1) is 10.2 Å². The van der Waals surface area contributed by atoms with Crippen molar-refractivity contribution in [3.8, 4) is 0 Å². The number of carbonyl (C=O) groups excluding carboxylic acids is 1. The summed E-state index contributed by atoms with van der Waals surface area (Å²) in [7, 11) is 0. The topological polar surface area (TPSA) is 66.9 Å². The van der Waals surface area contributed by atoms with Gasteiger partial charge in [-0.1, -0.05) is 25.4 Å². The lowest BCUT2D eigenvalue weighted by Gasteiger charge is -2.30. The molecule has 1 fully saturated rings. The van der Waals surface area contributed by atoms with E-state index in [2.05, 4.69) is 34.7 Å². The fourth-order valence-corrected chi connectivity index (χ4v) is 2.38. The van der Waals surface area contributed by atoms with Crippen LogP contribution in [-0.2, 0) is 4.79 Å². The number of carbonyl (C=O) groups is 1. The molecule has 6 heteroatoms. The zero-order chi connectivity index (χ0) is 13.2. The molecule has 98 valence electrons. The Labute approximate surface area is 111 Å². The number of aromatic nitrogens is 2. The molecule has 0 saturated carbocycles. The van der Waals surface area contributed by atoms with Crippen LogP contribution in [0.3, 0.4) is 0 Å². The Hall–Kier alpha value is -1.20. The van der Waals surface area contributed by atoms with Crippen molar-refractivity contribution < 1.29 is 4.79 Å². The summed E-state index contributed by atoms with van der Waals surface area (Å²) in [5.74, 6) is 0.711. The lowest BCUT2D eigenvalue weighted by molar-refractivity contribution is -0.126. The minimum absolute atomic E-state index is 0.000813. The van der Waals surface area contributed by atoms with Crippen molar-refractivity contribution in [1.29, 1.82) is 0 Å². The van der Waals surface area contributed by atoms with Gasteiger partial charge in [-0.25, -0.2) is 0 Å². The van der Waals surface area contributed by atoms with Gasteiger partial charge >= 0.3 is 0 Å². The predicted molar refractivity (Wildman–Crippen MR) is 70.4 cm³/mol. The van der Waals surface area contributed by atoms with Crippen molar-refractivity contribution in [2.75, 3.05) is 18.4 Å². The van der Waals surface area contributed by atoms with Crippen molar-refractivity contribution >= 4 is 23.3 Å². The van der Waals surface area contributed by atoms with E-state index in [9.17, 15) is 4.79 Å². The fourth-order valence-electron chi connectivity index (χ4n) is 2.28. The van der Waals surface area contributed by atoms with Crippen LogP contribution in [0.2, 0.25) is 5.15 Å². The molecule has 0 spiro atoms. The second-order valence-electron chi connectivity index (χ2n) is 4.93. The lowest BCUT2D eigenvalue weighted by Crippen LogP contribution is -2.42. The van der Waals surface area contributed by atoms with E-state index in [4.69, 9.17) is 11.6 Å². The van der Waals surface area contributed by atoms with Gasteiger partial charge in [-0.05, 0) is 31.0 Å². The van der Waals surface area contributed by atoms with Crippen LogP contribution in [0.15, 0.2) is 12.1 Å². The predicted octanol–water partition coefficient (Wildman–Crippen LogP) is 1.70. The smallest absolute Gasteiger partial charge is 0.233 e. The highest BCUT2D eigenvalue weighted by atomic mass is 35.5. The van der Waals surface area contributed by atoms with Gasteiger partial charge in [0.15, 0.2) is 11.0 Å². The minimum atomic E-state index is -0.360. The third-order valence-corrected chi connectivity index (χ3v) is 3.82. The van der Waals surface area contributed by atoms with E-state index in [1.54, 1.807) is 12.1 Å². The molecule has 1 atom stereocenters. The van der Waals surface area contributed by atoms with Crippen LogP contribution in [0.25, 0.3) is 0 Å². The summed E-state index contributed by atoms with van der Waals surface area (Å²) >= 11 is 5.66. The number of halogens is 1. The van der Waals surface area contributed by atoms with E-state index in [1.165, 1.54) is 0 Å². The average molecular weight is 269 g/mol. The van der Waals surface area contributed by atoms with Crippen LogP contribution < -0.4 is 10.6 Å². The third kappa shape index (κ3) is 2.47. The van der Waals surface area contributed by atoms with Gasteiger partial charge < -0.3 is 10.6 Å². The Morgan fingerprint density at radius 2 is 2.28 bits per heavy atom. The van der Waals surface area contributed by atoms with Crippen molar-refractivity contribution in [3.63, 3.8) is 0 Å². The molecule has 2 rings (SSSR count). The van der Waals surface area contributed by atoms with Crippen LogP contribution in [0.4, 0.5) is 5.82 Å². The van der Waals surface area contributed by atoms with Crippen LogP contribution in [-0.4, -0.2) is 29.2 Å². The first-order chi connectivity index (χ1) is 8.54. The van der Waals surface area contributed by atoms with E-state index < -0.39 is 0 Å². The van der Waals surface area contributed by atoms with E-state index in [0.29, 0.717) is 17.5 Å². The fraction of sp³-hybridized carbons (Fsp3) is 0.583. The average Bonchev–Trinajstić information content (AvgIpc) is 2.82. The SMILES string of the molecule is CC(C)C1(C(=O)Nc2ccc(Cl)nn2)CCNC1. The monoisotopic (exact) mass is 268 g/mol. The maximum absolute atomic E-state index is 12.4. The molecule has 1 saturated heterocycles. The quantitative estimate of drug-likeness (QED) is 0.876. The first-order valence-electron chi connectivity index (χ1n) is 6.06. The van der Waals surface area contributed by atoms with Crippen molar-refractivity contribution in [3.05, 3.63) is 17.3 Å². The van der Waals surface area contributed by atoms with Crippen LogP contribution >= 0.6 is 11.6 Å². The number of hydrogen-bond donors (Lipinski definition) is 2. The summed E-state index contributed by atoms with van der Waals surface area (Å²) in [6, 6.07) is 3.27. The highest BCUT2D eigenvalue weighted by molar-refractivity contribution is 6.29. The Balaban J connectivity index is 2.13. The first-order valence-corrected chi connectivity index (χ1v) is 6.44. The van der Waals surface area contributed by atoms with Gasteiger partial charge in [0.25, 0.3) is 0 Å². The normalized spacial score (nSPS) is 23.3. The summed E-state index contributed by atoms with van der Waals surface area (Å²) in [6.07, 6.45) is 0.845. The number of amides is 1. The molecule has 1 aromatic heterocycles. The molecular weight excluding hydrogens is 252 g/mol. The Morgan fingerprint density at radius 1 is 1.50 bits per heavy atom. The minimum Gasteiger partial charge on any atom is -0.316 e. The summed E-state index contributed by atoms with van der Waals surface area (Å²) in [5.41, 5.74) is -0.360. The van der Waals surface area contributed by atoms with Gasteiger partial charge in [-0.2, -0.15) is 0 Å². The van der Waals surface area contributed by atoms with Gasteiger partial charge in [0.05, 0.1) is 5.41 Å². The highest BCUT2D eigenvalue weighted by Gasteiger charge is 2.43. The molecule has 1 aliphatic heterocycles. The summed E-state index contributed by atoms with van der Waals surface area (Å²) < 4.78 is 0. The molecular formula is C12H17ClN4O. The van der Waals surface area contributed by atoms with E-state index in [0.717, 1.165) is 13.0 Å². The second-order valence-corrected chi connectivity index (χ2v) is 5.32. The summed E-state index contributed by atoms with van der Waals surface area (Å²) in [5, 5.41) is 13.9. The first kappa shape index (κ1) is 13.2. The van der Waals surface area contributed by atoms with Crippen LogP contribution in [0.1, 0.15) is 20.3 Å². The zero-order valence-electron chi connectivity index (χ0n) is 10.5. The van der Waals surface area contributed by atoms with E-state index in [1.807, 2.05) is 0 Å².